The van der Waals surface area contributed by atoms with Gasteiger partial charge in [0.05, 0.1) is 11.4 Å². The standard InChI is InChI=1S/C22H18ClN/c1-17-7-14-21(15-8-17)24-22(19-5-3-2-4-6-19)16-11-18-9-12-20(23)13-10-18/h2-16H,1H3/b16-11+,24-22?. The Morgan fingerprint density at radius 2 is 1.50 bits per heavy atom. The Balaban J connectivity index is 1.96. The van der Waals surface area contributed by atoms with E-state index in [2.05, 4.69) is 37.3 Å². The van der Waals surface area contributed by atoms with Gasteiger partial charge in [-0.1, -0.05) is 77.8 Å². The van der Waals surface area contributed by atoms with Gasteiger partial charge >= 0.3 is 0 Å². The highest BCUT2D eigenvalue weighted by Gasteiger charge is 2.00. The molecule has 2 heteroatoms. The van der Waals surface area contributed by atoms with Crippen molar-refractivity contribution in [3.63, 3.8) is 0 Å². The van der Waals surface area contributed by atoms with Crippen LogP contribution in [0.4, 0.5) is 5.69 Å². The molecule has 0 heterocycles. The lowest BCUT2D eigenvalue weighted by Crippen LogP contribution is -1.95. The first-order valence-corrected chi connectivity index (χ1v) is 8.23. The van der Waals surface area contributed by atoms with E-state index in [1.165, 1.54) is 5.56 Å². The summed E-state index contributed by atoms with van der Waals surface area (Å²) in [7, 11) is 0. The van der Waals surface area contributed by atoms with Crippen LogP contribution in [-0.2, 0) is 0 Å². The first kappa shape index (κ1) is 16.2. The van der Waals surface area contributed by atoms with Crippen molar-refractivity contribution in [2.45, 2.75) is 6.92 Å². The maximum Gasteiger partial charge on any atom is 0.0709 e. The van der Waals surface area contributed by atoms with Crippen molar-refractivity contribution in [1.29, 1.82) is 0 Å². The smallest absolute Gasteiger partial charge is 0.0709 e. The van der Waals surface area contributed by atoms with E-state index in [0.29, 0.717) is 0 Å². The summed E-state index contributed by atoms with van der Waals surface area (Å²) in [5, 5.41) is 0.740. The van der Waals surface area contributed by atoms with E-state index in [9.17, 15) is 0 Å². The Hall–Kier alpha value is -2.64. The molecule has 0 aliphatic carbocycles. The van der Waals surface area contributed by atoms with E-state index in [1.54, 1.807) is 0 Å². The summed E-state index contributed by atoms with van der Waals surface area (Å²) in [5.74, 6) is 0. The first-order valence-electron chi connectivity index (χ1n) is 7.85. The van der Waals surface area contributed by atoms with Crippen LogP contribution < -0.4 is 0 Å². The van der Waals surface area contributed by atoms with Crippen LogP contribution in [0, 0.1) is 6.92 Å². The molecular weight excluding hydrogens is 314 g/mol. The average Bonchev–Trinajstić information content (AvgIpc) is 2.62. The summed E-state index contributed by atoms with van der Waals surface area (Å²) in [6.07, 6.45) is 4.09. The summed E-state index contributed by atoms with van der Waals surface area (Å²) in [6.45, 7) is 2.08. The van der Waals surface area contributed by atoms with Crippen LogP contribution in [0.3, 0.4) is 0 Å². The van der Waals surface area contributed by atoms with Crippen molar-refractivity contribution in [2.24, 2.45) is 4.99 Å². The molecule has 1 nitrogen and oxygen atoms in total. The molecule has 0 unspecified atom stereocenters. The lowest BCUT2D eigenvalue weighted by Gasteiger charge is -2.03. The normalized spacial score (nSPS) is 11.8. The van der Waals surface area contributed by atoms with Gasteiger partial charge in [0.1, 0.15) is 0 Å². The molecule has 3 aromatic rings. The molecule has 0 bridgehead atoms. The van der Waals surface area contributed by atoms with Gasteiger partial charge in [0.15, 0.2) is 0 Å². The van der Waals surface area contributed by atoms with E-state index < -0.39 is 0 Å². The lowest BCUT2D eigenvalue weighted by atomic mass is 10.1. The second-order valence-electron chi connectivity index (χ2n) is 5.58. The molecule has 0 atom stereocenters. The topological polar surface area (TPSA) is 12.4 Å². The van der Waals surface area contributed by atoms with Gasteiger partial charge in [-0.05, 0) is 42.8 Å². The van der Waals surface area contributed by atoms with Crippen molar-refractivity contribution in [2.75, 3.05) is 0 Å². The third-order valence-electron chi connectivity index (χ3n) is 3.66. The van der Waals surface area contributed by atoms with Gasteiger partial charge in [-0.2, -0.15) is 0 Å². The van der Waals surface area contributed by atoms with Gasteiger partial charge in [0.25, 0.3) is 0 Å². The molecule has 3 rings (SSSR count). The van der Waals surface area contributed by atoms with Crippen LogP contribution in [0.1, 0.15) is 16.7 Å². The highest BCUT2D eigenvalue weighted by atomic mass is 35.5. The maximum absolute atomic E-state index is 5.94. The second kappa shape index (κ2) is 7.76. The Kier molecular flexibility index (Phi) is 5.25. The van der Waals surface area contributed by atoms with Crippen LogP contribution in [0.25, 0.3) is 6.08 Å². The van der Waals surface area contributed by atoms with Gasteiger partial charge in [0.2, 0.25) is 0 Å². The molecule has 24 heavy (non-hydrogen) atoms. The molecule has 0 fully saturated rings. The fraction of sp³-hybridized carbons (Fsp3) is 0.0455. The number of benzene rings is 3. The average molecular weight is 332 g/mol. The zero-order chi connectivity index (χ0) is 16.8. The molecular formula is C22H18ClN. The molecule has 0 saturated carbocycles. The molecule has 0 aliphatic rings. The molecule has 0 aromatic heterocycles. The van der Waals surface area contributed by atoms with Crippen LogP contribution in [-0.4, -0.2) is 5.71 Å². The van der Waals surface area contributed by atoms with Gasteiger partial charge in [0, 0.05) is 10.6 Å². The van der Waals surface area contributed by atoms with Crippen LogP contribution >= 0.6 is 11.6 Å². The fourth-order valence-electron chi connectivity index (χ4n) is 2.31. The Morgan fingerprint density at radius 1 is 0.833 bits per heavy atom. The predicted octanol–water partition coefficient (Wildman–Crippen LogP) is 6.48. The van der Waals surface area contributed by atoms with Crippen molar-refractivity contribution in [3.05, 3.63) is 107 Å². The molecule has 0 radical (unpaired) electrons. The summed E-state index contributed by atoms with van der Waals surface area (Å²) in [4.78, 5) is 4.81. The molecule has 3 aromatic carbocycles. The van der Waals surface area contributed by atoms with E-state index >= 15 is 0 Å². The molecule has 0 spiro atoms. The summed E-state index contributed by atoms with van der Waals surface area (Å²) < 4.78 is 0. The number of hydrogen-bond donors (Lipinski definition) is 0. The Labute approximate surface area is 148 Å². The SMILES string of the molecule is Cc1ccc(N=C(/C=C/c2ccc(Cl)cc2)c2ccccc2)cc1. The number of rotatable bonds is 4. The van der Waals surface area contributed by atoms with Gasteiger partial charge in [-0.15, -0.1) is 0 Å². The number of hydrogen-bond acceptors (Lipinski definition) is 1. The first-order chi connectivity index (χ1) is 11.7. The second-order valence-corrected chi connectivity index (χ2v) is 6.02. The third kappa shape index (κ3) is 4.43. The van der Waals surface area contributed by atoms with Crippen LogP contribution in [0.2, 0.25) is 5.02 Å². The van der Waals surface area contributed by atoms with Crippen LogP contribution in [0.5, 0.6) is 0 Å². The molecule has 0 aliphatic heterocycles. The van der Waals surface area contributed by atoms with Crippen molar-refractivity contribution < 1.29 is 0 Å². The van der Waals surface area contributed by atoms with E-state index in [1.807, 2.05) is 60.7 Å². The zero-order valence-electron chi connectivity index (χ0n) is 13.5. The van der Waals surface area contributed by atoms with Crippen molar-refractivity contribution in [1.82, 2.24) is 0 Å². The number of aryl methyl sites for hydroxylation is 1. The van der Waals surface area contributed by atoms with Gasteiger partial charge < -0.3 is 0 Å². The minimum atomic E-state index is 0.740. The number of allylic oxidation sites excluding steroid dienone is 1. The number of halogens is 1. The van der Waals surface area contributed by atoms with E-state index in [4.69, 9.17) is 16.6 Å². The largest absolute Gasteiger partial charge is 0.248 e. The molecule has 0 amide bonds. The van der Waals surface area contributed by atoms with Gasteiger partial charge in [-0.25, -0.2) is 4.99 Å². The summed E-state index contributed by atoms with van der Waals surface area (Å²) in [6, 6.07) is 26.2. The maximum atomic E-state index is 5.94. The third-order valence-corrected chi connectivity index (χ3v) is 3.91. The minimum absolute atomic E-state index is 0.740. The highest BCUT2D eigenvalue weighted by Crippen LogP contribution is 2.17. The summed E-state index contributed by atoms with van der Waals surface area (Å²) in [5.41, 5.74) is 5.27. The minimum Gasteiger partial charge on any atom is -0.248 e. The Morgan fingerprint density at radius 3 is 2.17 bits per heavy atom. The van der Waals surface area contributed by atoms with E-state index in [0.717, 1.165) is 27.5 Å². The Bertz CT molecular complexity index is 845. The quantitative estimate of drug-likeness (QED) is 0.485. The highest BCUT2D eigenvalue weighted by molar-refractivity contribution is 6.30. The fourth-order valence-corrected chi connectivity index (χ4v) is 2.44. The number of aliphatic imine (C=N–C) groups is 1. The van der Waals surface area contributed by atoms with Gasteiger partial charge in [-0.3, -0.25) is 0 Å². The number of nitrogens with zero attached hydrogens (tertiary/aromatic N) is 1. The van der Waals surface area contributed by atoms with E-state index in [-0.39, 0.29) is 0 Å². The molecule has 0 N–H and O–H groups in total. The summed E-state index contributed by atoms with van der Waals surface area (Å²) >= 11 is 5.94. The molecule has 118 valence electrons. The van der Waals surface area contributed by atoms with Crippen molar-refractivity contribution in [3.8, 4) is 0 Å². The monoisotopic (exact) mass is 331 g/mol. The van der Waals surface area contributed by atoms with Crippen LogP contribution in [0.15, 0.2) is 89.9 Å². The molecule has 0 saturated heterocycles. The lowest BCUT2D eigenvalue weighted by molar-refractivity contribution is 1.43. The zero-order valence-corrected chi connectivity index (χ0v) is 14.2. The van der Waals surface area contributed by atoms with Crippen molar-refractivity contribution >= 4 is 29.1 Å². The predicted molar refractivity (Wildman–Crippen MR) is 104 cm³/mol.